The third-order valence-corrected chi connectivity index (χ3v) is 10.0. The fourth-order valence-corrected chi connectivity index (χ4v) is 8.54. The van der Waals surface area contributed by atoms with Gasteiger partial charge < -0.3 is 0 Å². The van der Waals surface area contributed by atoms with Crippen LogP contribution in [0.2, 0.25) is 0 Å². The van der Waals surface area contributed by atoms with Gasteiger partial charge in [-0.25, -0.2) is 8.42 Å². The second-order valence-electron chi connectivity index (χ2n) is 9.89. The van der Waals surface area contributed by atoms with Gasteiger partial charge in [0, 0.05) is 0 Å². The minimum Gasteiger partial charge on any atom is -0.223 e. The summed E-state index contributed by atoms with van der Waals surface area (Å²) in [6, 6.07) is 9.16. The molecule has 2 aliphatic rings. The first-order chi connectivity index (χ1) is 12.8. The molecule has 2 nitrogen and oxygen atoms in total. The van der Waals surface area contributed by atoms with Gasteiger partial charge in [-0.3, -0.25) is 0 Å². The van der Waals surface area contributed by atoms with E-state index in [4.69, 9.17) is 0 Å². The summed E-state index contributed by atoms with van der Waals surface area (Å²) in [7, 11) is -3.23. The van der Waals surface area contributed by atoms with Crippen LogP contribution >= 0.6 is 0 Å². The SMILES string of the molecule is CC(C)CCC[C@H](C)[C@@H]1CC[C@@H]2[C@@H](S(=O)(=O)c3ccccc3)CCC[C@]21C. The molecule has 0 spiro atoms. The molecule has 2 fully saturated rings. The van der Waals surface area contributed by atoms with Crippen molar-refractivity contribution in [3.63, 3.8) is 0 Å². The number of hydrogen-bond acceptors (Lipinski definition) is 2. The highest BCUT2D eigenvalue weighted by molar-refractivity contribution is 7.92. The summed E-state index contributed by atoms with van der Waals surface area (Å²) in [5, 5.41) is -0.188. The van der Waals surface area contributed by atoms with Gasteiger partial charge in [-0.05, 0) is 66.9 Å². The standard InChI is InChI=1S/C24H38O2S/c1-18(2)10-8-11-19(3)21-15-16-22-23(14-9-17-24(21,22)4)27(25,26)20-12-6-5-7-13-20/h5-7,12-13,18-19,21-23H,8-11,14-17H2,1-4H3/t19-,21-,22+,23-,24-/m0/s1. The molecule has 3 heteroatoms. The summed E-state index contributed by atoms with van der Waals surface area (Å²) in [6.45, 7) is 9.45. The van der Waals surface area contributed by atoms with E-state index in [1.165, 1.54) is 32.1 Å². The second kappa shape index (κ2) is 8.27. The topological polar surface area (TPSA) is 34.1 Å². The molecule has 0 bridgehead atoms. The van der Waals surface area contributed by atoms with E-state index in [9.17, 15) is 8.42 Å². The van der Waals surface area contributed by atoms with Gasteiger partial charge in [0.05, 0.1) is 10.1 Å². The van der Waals surface area contributed by atoms with E-state index in [-0.39, 0.29) is 10.7 Å². The lowest BCUT2D eigenvalue weighted by Crippen LogP contribution is -2.44. The minimum absolute atomic E-state index is 0.188. The molecule has 5 atom stereocenters. The van der Waals surface area contributed by atoms with Crippen LogP contribution in [0.15, 0.2) is 35.2 Å². The lowest BCUT2D eigenvalue weighted by molar-refractivity contribution is 0.0682. The molecule has 0 N–H and O–H groups in total. The predicted octanol–water partition coefficient (Wildman–Crippen LogP) is 6.51. The van der Waals surface area contributed by atoms with Crippen LogP contribution in [-0.4, -0.2) is 13.7 Å². The number of hydrogen-bond donors (Lipinski definition) is 0. The van der Waals surface area contributed by atoms with Gasteiger partial charge in [0.25, 0.3) is 0 Å². The summed E-state index contributed by atoms with van der Waals surface area (Å²) in [5.74, 6) is 2.49. The lowest BCUT2D eigenvalue weighted by Gasteiger charge is -2.46. The van der Waals surface area contributed by atoms with Gasteiger partial charge >= 0.3 is 0 Å². The van der Waals surface area contributed by atoms with Crippen molar-refractivity contribution in [3.8, 4) is 0 Å². The normalized spacial score (nSPS) is 32.4. The van der Waals surface area contributed by atoms with Crippen molar-refractivity contribution < 1.29 is 8.42 Å². The Kier molecular flexibility index (Phi) is 6.40. The maximum absolute atomic E-state index is 13.4. The van der Waals surface area contributed by atoms with Gasteiger partial charge in [0.2, 0.25) is 0 Å². The summed E-state index contributed by atoms with van der Waals surface area (Å²) in [5.41, 5.74) is 0.196. The van der Waals surface area contributed by atoms with Crippen molar-refractivity contribution in [1.82, 2.24) is 0 Å². The Balaban J connectivity index is 1.78. The Bertz CT molecular complexity index is 709. The highest BCUT2D eigenvalue weighted by Gasteiger charge is 2.55. The predicted molar refractivity (Wildman–Crippen MR) is 113 cm³/mol. The van der Waals surface area contributed by atoms with Crippen molar-refractivity contribution in [2.75, 3.05) is 0 Å². The van der Waals surface area contributed by atoms with Crippen LogP contribution in [0.25, 0.3) is 0 Å². The molecule has 0 amide bonds. The van der Waals surface area contributed by atoms with Gasteiger partial charge in [-0.15, -0.1) is 0 Å². The smallest absolute Gasteiger partial charge is 0.181 e. The first-order valence-corrected chi connectivity index (χ1v) is 12.6. The average Bonchev–Trinajstić information content (AvgIpc) is 2.99. The molecule has 1 aromatic carbocycles. The van der Waals surface area contributed by atoms with E-state index in [2.05, 4.69) is 27.7 Å². The Hall–Kier alpha value is -0.830. The molecule has 0 heterocycles. The van der Waals surface area contributed by atoms with Gasteiger partial charge in [0.15, 0.2) is 9.84 Å². The van der Waals surface area contributed by atoms with Gasteiger partial charge in [-0.2, -0.15) is 0 Å². The van der Waals surface area contributed by atoms with Crippen molar-refractivity contribution >= 4 is 9.84 Å². The number of rotatable bonds is 7. The zero-order valence-corrected chi connectivity index (χ0v) is 18.5. The van der Waals surface area contributed by atoms with E-state index in [0.717, 1.165) is 25.2 Å². The monoisotopic (exact) mass is 390 g/mol. The molecular weight excluding hydrogens is 352 g/mol. The van der Waals surface area contributed by atoms with E-state index in [0.29, 0.717) is 22.6 Å². The van der Waals surface area contributed by atoms with Crippen molar-refractivity contribution in [2.45, 2.75) is 89.2 Å². The van der Waals surface area contributed by atoms with Crippen LogP contribution in [-0.2, 0) is 9.84 Å². The van der Waals surface area contributed by atoms with Crippen molar-refractivity contribution in [2.24, 2.45) is 29.1 Å². The van der Waals surface area contributed by atoms with Crippen molar-refractivity contribution in [1.29, 1.82) is 0 Å². The molecule has 152 valence electrons. The molecule has 0 aliphatic heterocycles. The highest BCUT2D eigenvalue weighted by Crippen LogP contribution is 2.59. The molecule has 1 aromatic rings. The molecule has 27 heavy (non-hydrogen) atoms. The van der Waals surface area contributed by atoms with Crippen LogP contribution in [0.1, 0.15) is 79.1 Å². The Labute approximate surface area is 167 Å². The first-order valence-electron chi connectivity index (χ1n) is 11.1. The second-order valence-corrected chi connectivity index (χ2v) is 12.1. The summed E-state index contributed by atoms with van der Waals surface area (Å²) >= 11 is 0. The molecule has 2 aliphatic carbocycles. The molecule has 0 saturated heterocycles. The minimum atomic E-state index is -3.23. The molecule has 0 aromatic heterocycles. The molecule has 0 unspecified atom stereocenters. The Morgan fingerprint density at radius 1 is 1.04 bits per heavy atom. The van der Waals surface area contributed by atoms with Crippen LogP contribution < -0.4 is 0 Å². The molecule has 0 radical (unpaired) electrons. The van der Waals surface area contributed by atoms with Crippen LogP contribution in [0.3, 0.4) is 0 Å². The summed E-state index contributed by atoms with van der Waals surface area (Å²) in [6.07, 6.45) is 9.31. The highest BCUT2D eigenvalue weighted by atomic mass is 32.2. The Morgan fingerprint density at radius 2 is 1.74 bits per heavy atom. The van der Waals surface area contributed by atoms with E-state index >= 15 is 0 Å². The van der Waals surface area contributed by atoms with Crippen molar-refractivity contribution in [3.05, 3.63) is 30.3 Å². The van der Waals surface area contributed by atoms with Crippen LogP contribution in [0.5, 0.6) is 0 Å². The Morgan fingerprint density at radius 3 is 2.41 bits per heavy atom. The summed E-state index contributed by atoms with van der Waals surface area (Å²) < 4.78 is 26.8. The number of fused-ring (bicyclic) bond motifs is 1. The van der Waals surface area contributed by atoms with Crippen LogP contribution in [0.4, 0.5) is 0 Å². The molecule has 2 saturated carbocycles. The number of benzene rings is 1. The fourth-order valence-electron chi connectivity index (χ4n) is 6.30. The molecule has 3 rings (SSSR count). The van der Waals surface area contributed by atoms with E-state index in [1.807, 2.05) is 18.2 Å². The maximum atomic E-state index is 13.4. The lowest BCUT2D eigenvalue weighted by atomic mass is 9.62. The zero-order chi connectivity index (χ0) is 19.7. The van der Waals surface area contributed by atoms with Gasteiger partial charge in [-0.1, -0.05) is 71.6 Å². The third-order valence-electron chi connectivity index (χ3n) is 7.73. The average molecular weight is 391 g/mol. The molecular formula is C24H38O2S. The van der Waals surface area contributed by atoms with Gasteiger partial charge in [0.1, 0.15) is 0 Å². The quantitative estimate of drug-likeness (QED) is 0.532. The fraction of sp³-hybridized carbons (Fsp3) is 0.750. The summed E-state index contributed by atoms with van der Waals surface area (Å²) in [4.78, 5) is 0.521. The van der Waals surface area contributed by atoms with E-state index in [1.54, 1.807) is 12.1 Å². The third kappa shape index (κ3) is 4.13. The van der Waals surface area contributed by atoms with Crippen LogP contribution in [0, 0.1) is 29.1 Å². The maximum Gasteiger partial charge on any atom is 0.181 e. The first kappa shape index (κ1) is 20.9. The zero-order valence-electron chi connectivity index (χ0n) is 17.7. The largest absolute Gasteiger partial charge is 0.223 e. The van der Waals surface area contributed by atoms with E-state index < -0.39 is 9.84 Å². The number of sulfone groups is 1.